The maximum Gasteiger partial charge on any atom is 0.262 e. The van der Waals surface area contributed by atoms with E-state index < -0.39 is 0 Å². The Hall–Kier alpha value is -3.11. The Morgan fingerprint density at radius 1 is 0.846 bits per heavy atom. The van der Waals surface area contributed by atoms with Crippen molar-refractivity contribution in [3.8, 4) is 5.75 Å². The fraction of sp³-hybridized carbons (Fsp3) is 0.0476. The molecule has 0 spiro atoms. The van der Waals surface area contributed by atoms with Crippen LogP contribution in [0.5, 0.6) is 5.75 Å². The first kappa shape index (κ1) is 17.7. The Morgan fingerprint density at radius 3 is 2.23 bits per heavy atom. The van der Waals surface area contributed by atoms with Gasteiger partial charge in [-0.25, -0.2) is 0 Å². The standard InChI is InChI=1S/C21H16ClNO3/c22-16-10-12-17(13-11-16)26-14-20(24)23-19-9-5-4-8-18(19)21(25)15-6-2-1-3-7-15/h1-13H,14H2,(H,23,24). The first-order chi connectivity index (χ1) is 12.6. The van der Waals surface area contributed by atoms with Gasteiger partial charge in [0.1, 0.15) is 5.75 Å². The summed E-state index contributed by atoms with van der Waals surface area (Å²) < 4.78 is 5.42. The predicted octanol–water partition coefficient (Wildman–Crippen LogP) is 4.59. The Morgan fingerprint density at radius 2 is 1.50 bits per heavy atom. The van der Waals surface area contributed by atoms with Gasteiger partial charge in [0.2, 0.25) is 0 Å². The summed E-state index contributed by atoms with van der Waals surface area (Å²) in [6.45, 7) is -0.171. The van der Waals surface area contributed by atoms with Crippen molar-refractivity contribution in [2.45, 2.75) is 0 Å². The lowest BCUT2D eigenvalue weighted by Crippen LogP contribution is -2.21. The molecule has 4 nitrogen and oxygen atoms in total. The highest BCUT2D eigenvalue weighted by atomic mass is 35.5. The van der Waals surface area contributed by atoms with Crippen LogP contribution in [0.2, 0.25) is 5.02 Å². The van der Waals surface area contributed by atoms with E-state index in [0.29, 0.717) is 27.6 Å². The van der Waals surface area contributed by atoms with E-state index in [4.69, 9.17) is 16.3 Å². The van der Waals surface area contributed by atoms with Gasteiger partial charge in [0, 0.05) is 16.1 Å². The van der Waals surface area contributed by atoms with Gasteiger partial charge in [0.25, 0.3) is 5.91 Å². The van der Waals surface area contributed by atoms with Crippen LogP contribution >= 0.6 is 11.6 Å². The molecule has 26 heavy (non-hydrogen) atoms. The number of ketones is 1. The topological polar surface area (TPSA) is 55.4 Å². The third kappa shape index (κ3) is 4.49. The highest BCUT2D eigenvalue weighted by Crippen LogP contribution is 2.20. The van der Waals surface area contributed by atoms with Gasteiger partial charge in [-0.05, 0) is 36.4 Å². The third-order valence-electron chi connectivity index (χ3n) is 3.67. The average molecular weight is 366 g/mol. The van der Waals surface area contributed by atoms with Crippen LogP contribution < -0.4 is 10.1 Å². The molecule has 130 valence electrons. The summed E-state index contributed by atoms with van der Waals surface area (Å²) in [7, 11) is 0. The molecule has 0 aliphatic heterocycles. The monoisotopic (exact) mass is 365 g/mol. The van der Waals surface area contributed by atoms with Gasteiger partial charge >= 0.3 is 0 Å². The van der Waals surface area contributed by atoms with Crippen molar-refractivity contribution in [3.63, 3.8) is 0 Å². The quantitative estimate of drug-likeness (QED) is 0.650. The average Bonchev–Trinajstić information content (AvgIpc) is 2.68. The summed E-state index contributed by atoms with van der Waals surface area (Å²) in [4.78, 5) is 24.9. The number of anilines is 1. The number of benzene rings is 3. The number of amides is 1. The Kier molecular flexibility index (Phi) is 5.66. The van der Waals surface area contributed by atoms with Gasteiger partial charge in [0.05, 0.1) is 5.69 Å². The van der Waals surface area contributed by atoms with Crippen LogP contribution in [0.3, 0.4) is 0 Å². The largest absolute Gasteiger partial charge is 0.484 e. The fourth-order valence-electron chi connectivity index (χ4n) is 2.40. The van der Waals surface area contributed by atoms with Crippen LogP contribution in [-0.2, 0) is 4.79 Å². The second kappa shape index (κ2) is 8.32. The molecule has 0 aliphatic rings. The number of ether oxygens (including phenoxy) is 1. The minimum absolute atomic E-state index is 0.153. The van der Waals surface area contributed by atoms with Crippen LogP contribution in [0, 0.1) is 0 Å². The van der Waals surface area contributed by atoms with Crippen LogP contribution in [0.4, 0.5) is 5.69 Å². The number of rotatable bonds is 6. The zero-order valence-corrected chi connectivity index (χ0v) is 14.6. The van der Waals surface area contributed by atoms with Crippen molar-refractivity contribution in [2.24, 2.45) is 0 Å². The molecule has 3 rings (SSSR count). The van der Waals surface area contributed by atoms with E-state index >= 15 is 0 Å². The van der Waals surface area contributed by atoms with E-state index in [-0.39, 0.29) is 18.3 Å². The van der Waals surface area contributed by atoms with Crippen LogP contribution in [0.15, 0.2) is 78.9 Å². The second-order valence-corrected chi connectivity index (χ2v) is 5.97. The smallest absolute Gasteiger partial charge is 0.262 e. The maximum atomic E-state index is 12.7. The molecule has 0 aromatic heterocycles. The van der Waals surface area contributed by atoms with Crippen molar-refractivity contribution in [2.75, 3.05) is 11.9 Å². The summed E-state index contributed by atoms with van der Waals surface area (Å²) >= 11 is 5.81. The van der Waals surface area contributed by atoms with E-state index in [2.05, 4.69) is 5.32 Å². The number of carbonyl (C=O) groups is 2. The van der Waals surface area contributed by atoms with Crippen LogP contribution in [0.1, 0.15) is 15.9 Å². The second-order valence-electron chi connectivity index (χ2n) is 5.53. The van der Waals surface area contributed by atoms with E-state index in [9.17, 15) is 9.59 Å². The minimum Gasteiger partial charge on any atom is -0.484 e. The molecule has 0 radical (unpaired) electrons. The summed E-state index contributed by atoms with van der Waals surface area (Å²) in [5.74, 6) is 0.0339. The molecule has 0 fully saturated rings. The van der Waals surface area contributed by atoms with Crippen LogP contribution in [0.25, 0.3) is 0 Å². The Balaban J connectivity index is 1.69. The summed E-state index contributed by atoms with van der Waals surface area (Å²) in [5, 5.41) is 3.32. The molecule has 0 unspecified atom stereocenters. The molecule has 5 heteroatoms. The Labute approximate surface area is 156 Å². The molecule has 0 bridgehead atoms. The van der Waals surface area contributed by atoms with Crippen molar-refractivity contribution < 1.29 is 14.3 Å². The van der Waals surface area contributed by atoms with E-state index in [1.54, 1.807) is 72.8 Å². The lowest BCUT2D eigenvalue weighted by Gasteiger charge is -2.11. The number of para-hydroxylation sites is 1. The van der Waals surface area contributed by atoms with Gasteiger partial charge in [0.15, 0.2) is 12.4 Å². The van der Waals surface area contributed by atoms with Gasteiger partial charge in [-0.3, -0.25) is 9.59 Å². The third-order valence-corrected chi connectivity index (χ3v) is 3.92. The first-order valence-electron chi connectivity index (χ1n) is 8.00. The molecule has 0 heterocycles. The molecule has 3 aromatic carbocycles. The highest BCUT2D eigenvalue weighted by Gasteiger charge is 2.15. The van der Waals surface area contributed by atoms with Gasteiger partial charge in [-0.1, -0.05) is 54.1 Å². The Bertz CT molecular complexity index is 908. The lowest BCUT2D eigenvalue weighted by molar-refractivity contribution is -0.118. The van der Waals surface area contributed by atoms with E-state index in [0.717, 1.165) is 0 Å². The summed E-state index contributed by atoms with van der Waals surface area (Å²) in [6, 6.07) is 22.6. The number of hydrogen-bond donors (Lipinski definition) is 1. The molecule has 0 atom stereocenters. The number of nitrogens with one attached hydrogen (secondary N) is 1. The highest BCUT2D eigenvalue weighted by molar-refractivity contribution is 6.30. The van der Waals surface area contributed by atoms with Gasteiger partial charge < -0.3 is 10.1 Å². The maximum absolute atomic E-state index is 12.7. The number of hydrogen-bond acceptors (Lipinski definition) is 3. The van der Waals surface area contributed by atoms with Crippen molar-refractivity contribution in [3.05, 3.63) is 95.0 Å². The van der Waals surface area contributed by atoms with Crippen LogP contribution in [-0.4, -0.2) is 18.3 Å². The molecule has 0 saturated heterocycles. The number of carbonyl (C=O) groups excluding carboxylic acids is 2. The van der Waals surface area contributed by atoms with Gasteiger partial charge in [-0.15, -0.1) is 0 Å². The molecule has 3 aromatic rings. The van der Waals surface area contributed by atoms with E-state index in [1.165, 1.54) is 0 Å². The SMILES string of the molecule is O=C(COc1ccc(Cl)cc1)Nc1ccccc1C(=O)c1ccccc1. The fourth-order valence-corrected chi connectivity index (χ4v) is 2.53. The lowest BCUT2D eigenvalue weighted by atomic mass is 10.0. The van der Waals surface area contributed by atoms with E-state index in [1.807, 2.05) is 6.07 Å². The molecule has 0 saturated carbocycles. The number of halogens is 1. The molecule has 1 amide bonds. The van der Waals surface area contributed by atoms with Crippen molar-refractivity contribution in [1.82, 2.24) is 0 Å². The zero-order valence-electron chi connectivity index (χ0n) is 13.8. The summed E-state index contributed by atoms with van der Waals surface area (Å²) in [6.07, 6.45) is 0. The molecule has 0 aliphatic carbocycles. The van der Waals surface area contributed by atoms with Crippen molar-refractivity contribution >= 4 is 29.0 Å². The predicted molar refractivity (Wildman–Crippen MR) is 102 cm³/mol. The molecular formula is C21H16ClNO3. The van der Waals surface area contributed by atoms with Gasteiger partial charge in [-0.2, -0.15) is 0 Å². The zero-order chi connectivity index (χ0) is 18.4. The minimum atomic E-state index is -0.353. The van der Waals surface area contributed by atoms with Crippen molar-refractivity contribution in [1.29, 1.82) is 0 Å². The molecular weight excluding hydrogens is 350 g/mol. The normalized spacial score (nSPS) is 10.2. The first-order valence-corrected chi connectivity index (χ1v) is 8.38. The molecule has 1 N–H and O–H groups in total. The summed E-state index contributed by atoms with van der Waals surface area (Å²) in [5.41, 5.74) is 1.44.